The van der Waals surface area contributed by atoms with Gasteiger partial charge in [-0.2, -0.15) is 0 Å². The van der Waals surface area contributed by atoms with Gasteiger partial charge in [0.2, 0.25) is 0 Å². The van der Waals surface area contributed by atoms with Crippen LogP contribution in [0.2, 0.25) is 0 Å². The number of hydrogen-bond donors (Lipinski definition) is 0. The summed E-state index contributed by atoms with van der Waals surface area (Å²) in [6, 6.07) is 87.5. The molecule has 382 valence electrons. The van der Waals surface area contributed by atoms with Crippen molar-refractivity contribution in [3.63, 3.8) is 0 Å². The summed E-state index contributed by atoms with van der Waals surface area (Å²) in [6.45, 7) is 15.4. The molecule has 0 radical (unpaired) electrons. The van der Waals surface area contributed by atoms with Gasteiger partial charge < -0.3 is 14.2 Å². The van der Waals surface area contributed by atoms with E-state index in [0.29, 0.717) is 6.61 Å². The number of para-hydroxylation sites is 1. The van der Waals surface area contributed by atoms with E-state index in [4.69, 9.17) is 4.74 Å². The van der Waals surface area contributed by atoms with Gasteiger partial charge in [-0.25, -0.2) is 0 Å². The molecular weight excluding hydrogens is 945 g/mol. The smallest absolute Gasteiger partial charge is 0.119 e. The Kier molecular flexibility index (Phi) is 13.6. The van der Waals surface area contributed by atoms with Gasteiger partial charge in [0, 0.05) is 38.9 Å². The van der Waals surface area contributed by atoms with Crippen LogP contribution in [0.25, 0.3) is 73.0 Å². The Morgan fingerprint density at radius 2 is 0.987 bits per heavy atom. The van der Waals surface area contributed by atoms with Crippen LogP contribution < -0.4 is 9.64 Å². The number of fused-ring (bicyclic) bond motifs is 6. The van der Waals surface area contributed by atoms with Crippen molar-refractivity contribution in [2.45, 2.75) is 63.7 Å². The van der Waals surface area contributed by atoms with Crippen molar-refractivity contribution in [1.82, 2.24) is 4.57 Å². The molecule has 12 rings (SSSR count). The Balaban J connectivity index is 0.891. The van der Waals surface area contributed by atoms with Gasteiger partial charge in [-0.05, 0) is 170 Å². The second-order valence-corrected chi connectivity index (χ2v) is 22.0. The van der Waals surface area contributed by atoms with E-state index in [-0.39, 0.29) is 10.8 Å². The first-order valence-corrected chi connectivity index (χ1v) is 27.7. The van der Waals surface area contributed by atoms with Crippen molar-refractivity contribution in [3.8, 4) is 44.8 Å². The van der Waals surface area contributed by atoms with Gasteiger partial charge >= 0.3 is 0 Å². The molecule has 78 heavy (non-hydrogen) atoms. The summed E-state index contributed by atoms with van der Waals surface area (Å²) >= 11 is 0. The Bertz CT molecular complexity index is 3920. The standard InChI is InChI=1S/C75H66N2O/c1-6-53-26-38-63(39-27-53)77-72-46-34-57(55-30-36-59(37-31-55)74(3,4)5)50-68(72)69-51-58(35-47-73(69)77)56-32-40-62(41-33-56)76(61-22-14-11-15-23-61)64-42-45-67-66-24-16-17-25-70(66)75(71(67)52-64,60-20-12-10-13-21-60)48-18-8-9-19-49-78-65-43-28-54(7-2)29-44-65/h6-7,10-17,20-47,50-52H,1-2,8-9,18-19,48-49H2,3-5H3. The molecule has 0 fully saturated rings. The molecule has 0 aliphatic heterocycles. The van der Waals surface area contributed by atoms with Crippen molar-refractivity contribution >= 4 is 51.0 Å². The fourth-order valence-corrected chi connectivity index (χ4v) is 12.1. The maximum absolute atomic E-state index is 6.14. The molecule has 1 aliphatic carbocycles. The Morgan fingerprint density at radius 1 is 0.462 bits per heavy atom. The van der Waals surface area contributed by atoms with Crippen LogP contribution in [-0.4, -0.2) is 11.2 Å². The van der Waals surface area contributed by atoms with E-state index < -0.39 is 0 Å². The molecule has 1 aliphatic rings. The quantitative estimate of drug-likeness (QED) is 0.0846. The van der Waals surface area contributed by atoms with E-state index in [1.807, 2.05) is 24.3 Å². The van der Waals surface area contributed by atoms with Crippen LogP contribution in [0.5, 0.6) is 5.75 Å². The molecule has 0 saturated carbocycles. The average molecular weight is 1010 g/mol. The molecule has 11 aromatic rings. The third kappa shape index (κ3) is 9.45. The molecule has 0 spiro atoms. The van der Waals surface area contributed by atoms with Gasteiger partial charge in [0.15, 0.2) is 0 Å². The summed E-state index contributed by atoms with van der Waals surface area (Å²) in [5.74, 6) is 0.913. The highest BCUT2D eigenvalue weighted by Crippen LogP contribution is 2.56. The summed E-state index contributed by atoms with van der Waals surface area (Å²) in [7, 11) is 0. The first kappa shape index (κ1) is 49.9. The number of nitrogens with zero attached hydrogens (tertiary/aromatic N) is 2. The zero-order valence-electron chi connectivity index (χ0n) is 45.1. The van der Waals surface area contributed by atoms with Crippen LogP contribution in [0.15, 0.2) is 250 Å². The lowest BCUT2D eigenvalue weighted by atomic mass is 9.69. The van der Waals surface area contributed by atoms with Gasteiger partial charge in [-0.3, -0.25) is 0 Å². The topological polar surface area (TPSA) is 17.4 Å². The summed E-state index contributed by atoms with van der Waals surface area (Å²) in [5, 5.41) is 2.45. The van der Waals surface area contributed by atoms with Gasteiger partial charge in [-0.15, -0.1) is 0 Å². The van der Waals surface area contributed by atoms with Crippen molar-refractivity contribution in [2.24, 2.45) is 0 Å². The van der Waals surface area contributed by atoms with Crippen LogP contribution >= 0.6 is 0 Å². The second kappa shape index (κ2) is 21.2. The summed E-state index contributed by atoms with van der Waals surface area (Å²) < 4.78 is 8.54. The molecule has 1 aromatic heterocycles. The van der Waals surface area contributed by atoms with Crippen LogP contribution in [-0.2, 0) is 10.8 Å². The number of rotatable bonds is 17. The highest BCUT2D eigenvalue weighted by atomic mass is 16.5. The Morgan fingerprint density at radius 3 is 1.62 bits per heavy atom. The lowest BCUT2D eigenvalue weighted by molar-refractivity contribution is 0.303. The van der Waals surface area contributed by atoms with Gasteiger partial charge in [-0.1, -0.05) is 217 Å². The molecule has 0 bridgehead atoms. The van der Waals surface area contributed by atoms with Crippen LogP contribution in [0.4, 0.5) is 17.1 Å². The number of unbranched alkanes of at least 4 members (excludes halogenated alkanes) is 3. The van der Waals surface area contributed by atoms with E-state index >= 15 is 0 Å². The predicted octanol–water partition coefficient (Wildman–Crippen LogP) is 20.5. The molecule has 0 amide bonds. The van der Waals surface area contributed by atoms with Crippen LogP contribution in [0.1, 0.15) is 86.3 Å². The summed E-state index contributed by atoms with van der Waals surface area (Å²) in [5.41, 5.74) is 21.7. The zero-order valence-corrected chi connectivity index (χ0v) is 45.1. The number of benzene rings is 10. The number of anilines is 3. The minimum Gasteiger partial charge on any atom is -0.494 e. The number of ether oxygens (including phenoxy) is 1. The largest absolute Gasteiger partial charge is 0.494 e. The van der Waals surface area contributed by atoms with Crippen molar-refractivity contribution in [1.29, 1.82) is 0 Å². The Labute approximate surface area is 461 Å². The molecule has 3 nitrogen and oxygen atoms in total. The summed E-state index contributed by atoms with van der Waals surface area (Å²) in [4.78, 5) is 2.43. The molecule has 1 unspecified atom stereocenters. The SMILES string of the molecule is C=Cc1ccc(OCCCCCCC2(c3ccccc3)c3ccccc3-c3ccc(N(c4ccccc4)c4ccc(-c5ccc6c(c5)c5cc(-c7ccc(C(C)(C)C)cc7)ccc5n6-c5ccc(C=C)cc5)cc4)cc32)cc1. The van der Waals surface area contributed by atoms with E-state index in [0.717, 1.165) is 71.7 Å². The molecule has 3 heteroatoms. The van der Waals surface area contributed by atoms with Crippen LogP contribution in [0, 0.1) is 0 Å². The predicted molar refractivity (Wildman–Crippen MR) is 332 cm³/mol. The fraction of sp³-hybridized carbons (Fsp3) is 0.147. The minimum absolute atomic E-state index is 0.0912. The normalized spacial score (nSPS) is 13.8. The van der Waals surface area contributed by atoms with Gasteiger partial charge in [0.05, 0.1) is 17.6 Å². The van der Waals surface area contributed by atoms with E-state index in [2.05, 4.69) is 268 Å². The first-order chi connectivity index (χ1) is 38.2. The molecule has 0 N–H and O–H groups in total. The maximum atomic E-state index is 6.14. The minimum atomic E-state index is -0.312. The average Bonchev–Trinajstić information content (AvgIpc) is 4.21. The highest BCUT2D eigenvalue weighted by molar-refractivity contribution is 6.11. The van der Waals surface area contributed by atoms with E-state index in [1.165, 1.54) is 77.4 Å². The van der Waals surface area contributed by atoms with Crippen molar-refractivity contribution in [2.75, 3.05) is 11.5 Å². The van der Waals surface area contributed by atoms with Crippen molar-refractivity contribution in [3.05, 3.63) is 283 Å². The number of hydrogen-bond acceptors (Lipinski definition) is 2. The first-order valence-electron chi connectivity index (χ1n) is 27.7. The van der Waals surface area contributed by atoms with Crippen LogP contribution in [0.3, 0.4) is 0 Å². The monoisotopic (exact) mass is 1010 g/mol. The lowest BCUT2D eigenvalue weighted by Crippen LogP contribution is -2.27. The third-order valence-electron chi connectivity index (χ3n) is 16.2. The molecule has 1 atom stereocenters. The molecule has 1 heterocycles. The number of aromatic nitrogens is 1. The lowest BCUT2D eigenvalue weighted by Gasteiger charge is -2.34. The molecular formula is C75H66N2O. The highest BCUT2D eigenvalue weighted by Gasteiger charge is 2.44. The van der Waals surface area contributed by atoms with E-state index in [1.54, 1.807) is 0 Å². The van der Waals surface area contributed by atoms with E-state index in [9.17, 15) is 0 Å². The fourth-order valence-electron chi connectivity index (χ4n) is 12.1. The maximum Gasteiger partial charge on any atom is 0.119 e. The zero-order chi connectivity index (χ0) is 53.2. The van der Waals surface area contributed by atoms with Gasteiger partial charge in [0.25, 0.3) is 0 Å². The molecule has 0 saturated heterocycles. The van der Waals surface area contributed by atoms with Crippen molar-refractivity contribution < 1.29 is 4.74 Å². The second-order valence-electron chi connectivity index (χ2n) is 22.0. The third-order valence-corrected chi connectivity index (χ3v) is 16.2. The Hall–Kier alpha value is -8.92. The van der Waals surface area contributed by atoms with Gasteiger partial charge in [0.1, 0.15) is 5.75 Å². The molecule has 10 aromatic carbocycles. The summed E-state index contributed by atoms with van der Waals surface area (Å²) in [6.07, 6.45) is 9.11.